The number of nitrogens with zero attached hydrogens (tertiary/aromatic N) is 5. The van der Waals surface area contributed by atoms with Gasteiger partial charge in [0.1, 0.15) is 6.54 Å². The number of hydrogen-bond acceptors (Lipinski definition) is 4. The molecule has 0 bridgehead atoms. The first-order valence-corrected chi connectivity index (χ1v) is 8.76. The first-order chi connectivity index (χ1) is 13.2. The standard InChI is InChI=1S/C19H20N6O3/c1-10-5-6-13(7-11(10)2)25-12(3)8-23-15-16(21-18(23)25)22(4)19(28)24(17(15)27)9-14(20)26/h5-8H,9H2,1-4H3,(H2,20,26). The van der Waals surface area contributed by atoms with Crippen LogP contribution in [0, 0.1) is 20.8 Å². The fourth-order valence-corrected chi connectivity index (χ4v) is 3.49. The van der Waals surface area contributed by atoms with Crippen LogP contribution in [0.3, 0.4) is 0 Å². The molecule has 0 unspecified atom stereocenters. The van der Waals surface area contributed by atoms with Gasteiger partial charge in [-0.05, 0) is 44.0 Å². The second kappa shape index (κ2) is 5.95. The van der Waals surface area contributed by atoms with Crippen molar-refractivity contribution >= 4 is 22.8 Å². The molecule has 0 aliphatic carbocycles. The Morgan fingerprint density at radius 1 is 1.14 bits per heavy atom. The van der Waals surface area contributed by atoms with Gasteiger partial charge in [0.25, 0.3) is 5.56 Å². The molecule has 0 aliphatic heterocycles. The van der Waals surface area contributed by atoms with Crippen molar-refractivity contribution in [2.24, 2.45) is 12.8 Å². The zero-order valence-electron chi connectivity index (χ0n) is 16.1. The molecule has 3 aromatic heterocycles. The lowest BCUT2D eigenvalue weighted by Crippen LogP contribution is -2.42. The first kappa shape index (κ1) is 17.8. The van der Waals surface area contributed by atoms with Crippen molar-refractivity contribution in [2.75, 3.05) is 0 Å². The van der Waals surface area contributed by atoms with E-state index in [4.69, 9.17) is 5.73 Å². The summed E-state index contributed by atoms with van der Waals surface area (Å²) < 4.78 is 5.67. The molecule has 3 heterocycles. The van der Waals surface area contributed by atoms with Gasteiger partial charge in [-0.2, -0.15) is 4.98 Å². The zero-order chi connectivity index (χ0) is 20.3. The van der Waals surface area contributed by atoms with Crippen molar-refractivity contribution in [1.82, 2.24) is 23.1 Å². The van der Waals surface area contributed by atoms with Crippen molar-refractivity contribution in [3.8, 4) is 5.69 Å². The Hall–Kier alpha value is -3.62. The van der Waals surface area contributed by atoms with Crippen LogP contribution in [0.4, 0.5) is 0 Å². The van der Waals surface area contributed by atoms with Crippen molar-refractivity contribution in [2.45, 2.75) is 27.3 Å². The van der Waals surface area contributed by atoms with Gasteiger partial charge in [-0.3, -0.25) is 23.1 Å². The van der Waals surface area contributed by atoms with Crippen molar-refractivity contribution in [1.29, 1.82) is 0 Å². The quantitative estimate of drug-likeness (QED) is 0.560. The molecule has 0 aliphatic rings. The number of nitrogens with two attached hydrogens (primary N) is 1. The van der Waals surface area contributed by atoms with Gasteiger partial charge in [0.15, 0.2) is 11.2 Å². The van der Waals surface area contributed by atoms with E-state index in [1.165, 1.54) is 17.2 Å². The largest absolute Gasteiger partial charge is 0.368 e. The summed E-state index contributed by atoms with van der Waals surface area (Å²) in [7, 11) is 1.52. The predicted octanol–water partition coefficient (Wildman–Crippen LogP) is 0.549. The molecular weight excluding hydrogens is 360 g/mol. The van der Waals surface area contributed by atoms with Gasteiger partial charge in [-0.15, -0.1) is 0 Å². The Morgan fingerprint density at radius 3 is 2.50 bits per heavy atom. The van der Waals surface area contributed by atoms with E-state index in [2.05, 4.69) is 4.98 Å². The molecule has 9 nitrogen and oxygen atoms in total. The minimum atomic E-state index is -0.761. The number of benzene rings is 1. The van der Waals surface area contributed by atoms with E-state index in [1.54, 1.807) is 10.6 Å². The van der Waals surface area contributed by atoms with Crippen LogP contribution in [-0.4, -0.2) is 29.0 Å². The van der Waals surface area contributed by atoms with Gasteiger partial charge < -0.3 is 5.73 Å². The highest BCUT2D eigenvalue weighted by Crippen LogP contribution is 2.22. The molecule has 0 fully saturated rings. The van der Waals surface area contributed by atoms with E-state index in [9.17, 15) is 14.4 Å². The topological polar surface area (TPSA) is 109 Å². The number of rotatable bonds is 3. The van der Waals surface area contributed by atoms with Gasteiger partial charge in [0.05, 0.1) is 0 Å². The van der Waals surface area contributed by atoms with Gasteiger partial charge in [0.2, 0.25) is 11.7 Å². The third kappa shape index (κ3) is 2.39. The van der Waals surface area contributed by atoms with E-state index < -0.39 is 23.7 Å². The summed E-state index contributed by atoms with van der Waals surface area (Å²) >= 11 is 0. The maximum Gasteiger partial charge on any atom is 0.332 e. The number of carbonyl (C=O) groups is 1. The van der Waals surface area contributed by atoms with E-state index in [1.807, 2.05) is 43.5 Å². The molecule has 4 rings (SSSR count). The molecule has 28 heavy (non-hydrogen) atoms. The van der Waals surface area contributed by atoms with Gasteiger partial charge in [-0.1, -0.05) is 6.07 Å². The van der Waals surface area contributed by atoms with E-state index in [0.29, 0.717) is 5.78 Å². The van der Waals surface area contributed by atoms with Crippen LogP contribution in [0.25, 0.3) is 22.6 Å². The SMILES string of the molecule is Cc1ccc(-n2c(C)cn3c4c(=O)n(CC(N)=O)c(=O)n(C)c4nc23)cc1C. The van der Waals surface area contributed by atoms with Crippen molar-refractivity contribution in [3.05, 3.63) is 62.1 Å². The van der Waals surface area contributed by atoms with Crippen LogP contribution in [-0.2, 0) is 18.4 Å². The highest BCUT2D eigenvalue weighted by molar-refractivity contribution is 5.78. The van der Waals surface area contributed by atoms with Gasteiger partial charge in [-0.25, -0.2) is 9.36 Å². The average Bonchev–Trinajstić information content (AvgIpc) is 3.14. The van der Waals surface area contributed by atoms with E-state index in [-0.39, 0.29) is 11.2 Å². The summed E-state index contributed by atoms with van der Waals surface area (Å²) in [6.45, 7) is 5.51. The maximum atomic E-state index is 12.9. The molecular formula is C19H20N6O3. The maximum absolute atomic E-state index is 12.9. The lowest BCUT2D eigenvalue weighted by atomic mass is 10.1. The number of carbonyl (C=O) groups excluding carboxylic acids is 1. The van der Waals surface area contributed by atoms with Crippen LogP contribution in [0.5, 0.6) is 0 Å². The number of primary amides is 1. The van der Waals surface area contributed by atoms with Gasteiger partial charge in [0, 0.05) is 24.6 Å². The molecule has 0 saturated heterocycles. The Labute approximate surface area is 159 Å². The number of hydrogen-bond donors (Lipinski definition) is 1. The minimum absolute atomic E-state index is 0.226. The van der Waals surface area contributed by atoms with Crippen molar-refractivity contribution < 1.29 is 4.79 Å². The summed E-state index contributed by atoms with van der Waals surface area (Å²) in [5.74, 6) is -0.247. The number of fused-ring (bicyclic) bond motifs is 3. The van der Waals surface area contributed by atoms with E-state index >= 15 is 0 Å². The monoisotopic (exact) mass is 380 g/mol. The Kier molecular flexibility index (Phi) is 3.77. The predicted molar refractivity (Wildman–Crippen MR) is 105 cm³/mol. The molecule has 0 radical (unpaired) electrons. The zero-order valence-corrected chi connectivity index (χ0v) is 16.1. The lowest BCUT2D eigenvalue weighted by Gasteiger charge is -2.08. The number of aryl methyl sites for hydroxylation is 4. The Morgan fingerprint density at radius 2 is 1.86 bits per heavy atom. The molecule has 0 atom stereocenters. The normalized spacial score (nSPS) is 11.6. The Balaban J connectivity index is 2.12. The average molecular weight is 380 g/mol. The summed E-state index contributed by atoms with van der Waals surface area (Å²) in [6.07, 6.45) is 1.79. The number of aromatic nitrogens is 5. The number of imidazole rings is 2. The van der Waals surface area contributed by atoms with Crippen LogP contribution in [0.1, 0.15) is 16.8 Å². The summed E-state index contributed by atoms with van der Waals surface area (Å²) in [5, 5.41) is 0. The minimum Gasteiger partial charge on any atom is -0.368 e. The lowest BCUT2D eigenvalue weighted by molar-refractivity contribution is -0.118. The Bertz CT molecular complexity index is 1400. The fraction of sp³-hybridized carbons (Fsp3) is 0.263. The highest BCUT2D eigenvalue weighted by atomic mass is 16.2. The molecule has 144 valence electrons. The number of amides is 1. The first-order valence-electron chi connectivity index (χ1n) is 8.76. The third-order valence-corrected chi connectivity index (χ3v) is 5.09. The molecule has 0 spiro atoms. The highest BCUT2D eigenvalue weighted by Gasteiger charge is 2.21. The van der Waals surface area contributed by atoms with Crippen LogP contribution in [0.2, 0.25) is 0 Å². The smallest absolute Gasteiger partial charge is 0.332 e. The van der Waals surface area contributed by atoms with E-state index in [0.717, 1.165) is 21.5 Å². The van der Waals surface area contributed by atoms with Gasteiger partial charge >= 0.3 is 5.69 Å². The molecule has 1 amide bonds. The summed E-state index contributed by atoms with van der Waals surface area (Å²) in [6, 6.07) is 6.06. The third-order valence-electron chi connectivity index (χ3n) is 5.09. The van der Waals surface area contributed by atoms with Crippen LogP contribution in [0.15, 0.2) is 34.0 Å². The second-order valence-corrected chi connectivity index (χ2v) is 7.03. The fourth-order valence-electron chi connectivity index (χ4n) is 3.49. The molecule has 2 N–H and O–H groups in total. The molecule has 9 heteroatoms. The van der Waals surface area contributed by atoms with Crippen LogP contribution < -0.4 is 17.0 Å². The molecule has 1 aromatic carbocycles. The molecule has 0 saturated carbocycles. The second-order valence-electron chi connectivity index (χ2n) is 7.03. The van der Waals surface area contributed by atoms with Crippen LogP contribution >= 0.6 is 0 Å². The summed E-state index contributed by atoms with van der Waals surface area (Å²) in [5.41, 5.74) is 8.55. The molecule has 4 aromatic rings. The van der Waals surface area contributed by atoms with Crippen molar-refractivity contribution in [3.63, 3.8) is 0 Å². The summed E-state index contributed by atoms with van der Waals surface area (Å²) in [4.78, 5) is 41.3.